The second-order valence-corrected chi connectivity index (χ2v) is 7.89. The Morgan fingerprint density at radius 3 is 3.00 bits per heavy atom. The van der Waals surface area contributed by atoms with Gasteiger partial charge in [0.2, 0.25) is 0 Å². The zero-order chi connectivity index (χ0) is 14.8. The summed E-state index contributed by atoms with van der Waals surface area (Å²) in [5.41, 5.74) is 0.937. The van der Waals surface area contributed by atoms with Crippen LogP contribution in [0.2, 0.25) is 0 Å². The molecule has 1 aliphatic heterocycles. The van der Waals surface area contributed by atoms with Crippen molar-refractivity contribution in [2.75, 3.05) is 24.2 Å². The molecule has 1 aromatic heterocycles. The number of nitrogens with one attached hydrogen (secondary N) is 1. The quantitative estimate of drug-likeness (QED) is 0.912. The van der Waals surface area contributed by atoms with Crippen molar-refractivity contribution in [1.82, 2.24) is 9.88 Å². The summed E-state index contributed by atoms with van der Waals surface area (Å²) in [5.74, 6) is 1.60. The summed E-state index contributed by atoms with van der Waals surface area (Å²) in [6.45, 7) is 6.06. The number of para-hydroxylation sites is 1. The van der Waals surface area contributed by atoms with Crippen LogP contribution in [0.5, 0.6) is 0 Å². The van der Waals surface area contributed by atoms with Crippen LogP contribution < -0.4 is 5.32 Å². The number of urea groups is 1. The summed E-state index contributed by atoms with van der Waals surface area (Å²) in [6.07, 6.45) is 0. The first-order valence-electron chi connectivity index (χ1n) is 7.16. The largest absolute Gasteiger partial charge is 0.323 e. The van der Waals surface area contributed by atoms with Gasteiger partial charge in [-0.3, -0.25) is 5.32 Å². The number of rotatable bonds is 2. The van der Waals surface area contributed by atoms with Crippen molar-refractivity contribution in [3.63, 3.8) is 0 Å². The molecule has 1 N–H and O–H groups in total. The van der Waals surface area contributed by atoms with E-state index < -0.39 is 0 Å². The Morgan fingerprint density at radius 2 is 2.24 bits per heavy atom. The van der Waals surface area contributed by atoms with E-state index in [1.165, 1.54) is 11.3 Å². The standard InChI is InChI=1S/C15H19N3OS2/c1-10(2)13-9-18(7-8-20-13)15(19)17-14-16-11-5-3-4-6-12(11)21-14/h3-6,10,13H,7-9H2,1-2H3,(H,16,17,19)/t13-/m1/s1. The first-order valence-corrected chi connectivity index (χ1v) is 9.03. The lowest BCUT2D eigenvalue weighted by molar-refractivity contribution is 0.211. The molecule has 1 atom stereocenters. The van der Waals surface area contributed by atoms with Gasteiger partial charge in [0.15, 0.2) is 5.13 Å². The van der Waals surface area contributed by atoms with Crippen molar-refractivity contribution < 1.29 is 4.79 Å². The Balaban J connectivity index is 1.68. The zero-order valence-electron chi connectivity index (χ0n) is 12.2. The number of carbonyl (C=O) groups is 1. The molecule has 2 aromatic rings. The molecule has 6 heteroatoms. The molecule has 0 aliphatic carbocycles. The molecule has 1 fully saturated rings. The molecule has 0 bridgehead atoms. The maximum atomic E-state index is 12.4. The van der Waals surface area contributed by atoms with Crippen LogP contribution in [0.1, 0.15) is 13.8 Å². The summed E-state index contributed by atoms with van der Waals surface area (Å²) >= 11 is 3.49. The molecule has 2 heterocycles. The van der Waals surface area contributed by atoms with E-state index in [-0.39, 0.29) is 6.03 Å². The van der Waals surface area contributed by atoms with Crippen LogP contribution in [0.4, 0.5) is 9.93 Å². The number of fused-ring (bicyclic) bond motifs is 1. The molecule has 0 radical (unpaired) electrons. The van der Waals surface area contributed by atoms with Crippen LogP contribution in [0.15, 0.2) is 24.3 Å². The molecule has 3 rings (SSSR count). The van der Waals surface area contributed by atoms with E-state index in [1.54, 1.807) is 0 Å². The zero-order valence-corrected chi connectivity index (χ0v) is 13.8. The third kappa shape index (κ3) is 3.32. The number of thiazole rings is 1. The fraction of sp³-hybridized carbons (Fsp3) is 0.467. The van der Waals surface area contributed by atoms with Gasteiger partial charge in [0.25, 0.3) is 0 Å². The van der Waals surface area contributed by atoms with Crippen LogP contribution in [0, 0.1) is 5.92 Å². The minimum atomic E-state index is -0.0278. The number of anilines is 1. The third-order valence-corrected chi connectivity index (χ3v) is 6.12. The average Bonchev–Trinajstić information content (AvgIpc) is 2.89. The van der Waals surface area contributed by atoms with Crippen molar-refractivity contribution >= 4 is 44.5 Å². The number of aromatic nitrogens is 1. The SMILES string of the molecule is CC(C)[C@H]1CN(C(=O)Nc2nc3ccccc3s2)CCS1. The number of hydrogen-bond acceptors (Lipinski definition) is 4. The Bertz CT molecular complexity index is 608. The molecular weight excluding hydrogens is 302 g/mol. The lowest BCUT2D eigenvalue weighted by atomic mass is 10.1. The minimum Gasteiger partial charge on any atom is -0.323 e. The molecule has 1 saturated heterocycles. The van der Waals surface area contributed by atoms with E-state index in [1.807, 2.05) is 40.9 Å². The number of amides is 2. The van der Waals surface area contributed by atoms with Crippen LogP contribution in [-0.4, -0.2) is 40.0 Å². The first-order chi connectivity index (χ1) is 10.1. The maximum Gasteiger partial charge on any atom is 0.323 e. The molecule has 0 saturated carbocycles. The molecular formula is C15H19N3OS2. The Labute approximate surface area is 132 Å². The van der Waals surface area contributed by atoms with Crippen molar-refractivity contribution in [3.8, 4) is 0 Å². The van der Waals surface area contributed by atoms with Crippen molar-refractivity contribution in [2.45, 2.75) is 19.1 Å². The van der Waals surface area contributed by atoms with Gasteiger partial charge in [0, 0.05) is 24.1 Å². The number of hydrogen-bond donors (Lipinski definition) is 1. The van der Waals surface area contributed by atoms with Crippen LogP contribution >= 0.6 is 23.1 Å². The van der Waals surface area contributed by atoms with E-state index >= 15 is 0 Å². The van der Waals surface area contributed by atoms with Gasteiger partial charge in [-0.05, 0) is 18.1 Å². The van der Waals surface area contributed by atoms with E-state index in [2.05, 4.69) is 24.1 Å². The molecule has 112 valence electrons. The second kappa shape index (κ2) is 6.23. The van der Waals surface area contributed by atoms with Crippen LogP contribution in [-0.2, 0) is 0 Å². The maximum absolute atomic E-state index is 12.4. The van der Waals surface area contributed by atoms with Gasteiger partial charge < -0.3 is 4.90 Å². The number of thioether (sulfide) groups is 1. The summed E-state index contributed by atoms with van der Waals surface area (Å²) < 4.78 is 1.10. The molecule has 0 spiro atoms. The lowest BCUT2D eigenvalue weighted by Gasteiger charge is -2.34. The minimum absolute atomic E-state index is 0.0278. The van der Waals surface area contributed by atoms with Crippen molar-refractivity contribution in [1.29, 1.82) is 0 Å². The molecule has 21 heavy (non-hydrogen) atoms. The number of benzene rings is 1. The van der Waals surface area contributed by atoms with Gasteiger partial charge in [-0.2, -0.15) is 11.8 Å². The molecule has 4 nitrogen and oxygen atoms in total. The molecule has 1 aromatic carbocycles. The van der Waals surface area contributed by atoms with Gasteiger partial charge in [-0.15, -0.1) is 0 Å². The highest BCUT2D eigenvalue weighted by atomic mass is 32.2. The molecule has 1 aliphatic rings. The lowest BCUT2D eigenvalue weighted by Crippen LogP contribution is -2.45. The summed E-state index contributed by atoms with van der Waals surface area (Å²) in [5, 5.41) is 4.15. The van der Waals surface area contributed by atoms with Gasteiger partial charge >= 0.3 is 6.03 Å². The highest BCUT2D eigenvalue weighted by Crippen LogP contribution is 2.27. The summed E-state index contributed by atoms with van der Waals surface area (Å²) in [6, 6.07) is 7.91. The third-order valence-electron chi connectivity index (χ3n) is 3.63. The van der Waals surface area contributed by atoms with Gasteiger partial charge in [-0.1, -0.05) is 37.3 Å². The van der Waals surface area contributed by atoms with Gasteiger partial charge in [0.1, 0.15) is 0 Å². The van der Waals surface area contributed by atoms with E-state index in [0.717, 1.165) is 29.1 Å². The molecule has 0 unspecified atom stereocenters. The normalized spacial score (nSPS) is 19.2. The number of nitrogens with zero attached hydrogens (tertiary/aromatic N) is 2. The monoisotopic (exact) mass is 321 g/mol. The van der Waals surface area contributed by atoms with E-state index in [0.29, 0.717) is 16.3 Å². The van der Waals surface area contributed by atoms with E-state index in [4.69, 9.17) is 0 Å². The summed E-state index contributed by atoms with van der Waals surface area (Å²) in [7, 11) is 0. The fourth-order valence-electron chi connectivity index (χ4n) is 2.36. The Hall–Kier alpha value is -1.27. The van der Waals surface area contributed by atoms with Crippen molar-refractivity contribution in [2.24, 2.45) is 5.92 Å². The fourth-order valence-corrected chi connectivity index (χ4v) is 4.51. The average molecular weight is 321 g/mol. The summed E-state index contributed by atoms with van der Waals surface area (Å²) in [4.78, 5) is 18.8. The van der Waals surface area contributed by atoms with Crippen molar-refractivity contribution in [3.05, 3.63) is 24.3 Å². The Kier molecular flexibility index (Phi) is 4.35. The predicted octanol–water partition coefficient (Wildman–Crippen LogP) is 3.90. The predicted molar refractivity (Wildman–Crippen MR) is 91.3 cm³/mol. The van der Waals surface area contributed by atoms with Crippen LogP contribution in [0.25, 0.3) is 10.2 Å². The smallest absolute Gasteiger partial charge is 0.323 e. The Morgan fingerprint density at radius 1 is 1.43 bits per heavy atom. The second-order valence-electron chi connectivity index (χ2n) is 5.52. The first kappa shape index (κ1) is 14.7. The topological polar surface area (TPSA) is 45.2 Å². The highest BCUT2D eigenvalue weighted by Gasteiger charge is 2.26. The molecule has 2 amide bonds. The number of carbonyl (C=O) groups excluding carboxylic acids is 1. The van der Waals surface area contributed by atoms with Crippen LogP contribution in [0.3, 0.4) is 0 Å². The van der Waals surface area contributed by atoms with Gasteiger partial charge in [-0.25, -0.2) is 9.78 Å². The highest BCUT2D eigenvalue weighted by molar-refractivity contribution is 8.00. The van der Waals surface area contributed by atoms with Gasteiger partial charge in [0.05, 0.1) is 10.2 Å². The van der Waals surface area contributed by atoms with E-state index in [9.17, 15) is 4.79 Å².